The Morgan fingerprint density at radius 1 is 1.11 bits per heavy atom. The Morgan fingerprint density at radius 2 is 1.74 bits per heavy atom. The molecule has 1 aromatic heterocycles. The number of esters is 1. The predicted molar refractivity (Wildman–Crippen MR) is 101 cm³/mol. The van der Waals surface area contributed by atoms with Crippen molar-refractivity contribution in [2.45, 2.75) is 44.6 Å². The Morgan fingerprint density at radius 3 is 2.33 bits per heavy atom. The smallest absolute Gasteiger partial charge is 0.337 e. The van der Waals surface area contributed by atoms with Crippen LogP contribution in [0.1, 0.15) is 46.6 Å². The summed E-state index contributed by atoms with van der Waals surface area (Å²) in [6.45, 7) is 5.10. The summed E-state index contributed by atoms with van der Waals surface area (Å²) in [4.78, 5) is 11.9. The lowest BCUT2D eigenvalue weighted by Gasteiger charge is -2.26. The molecule has 7 nitrogen and oxygen atoms in total. The lowest BCUT2D eigenvalue weighted by atomic mass is 10.1. The molecule has 146 valence electrons. The van der Waals surface area contributed by atoms with E-state index in [4.69, 9.17) is 4.74 Å². The first kappa shape index (κ1) is 19.6. The number of rotatable bonds is 5. The van der Waals surface area contributed by atoms with Crippen molar-refractivity contribution in [3.8, 4) is 0 Å². The predicted octanol–water partition coefficient (Wildman–Crippen LogP) is 2.51. The van der Waals surface area contributed by atoms with E-state index in [1.54, 1.807) is 35.0 Å². The van der Waals surface area contributed by atoms with E-state index in [1.165, 1.54) is 7.11 Å². The molecule has 0 radical (unpaired) electrons. The number of carbonyl (C=O) groups is 1. The van der Waals surface area contributed by atoms with E-state index in [0.29, 0.717) is 41.5 Å². The molecule has 1 aliphatic rings. The van der Waals surface area contributed by atoms with Gasteiger partial charge in [-0.15, -0.1) is 0 Å². The zero-order valence-corrected chi connectivity index (χ0v) is 16.8. The lowest BCUT2D eigenvalue weighted by molar-refractivity contribution is 0.0600. The third kappa shape index (κ3) is 3.91. The van der Waals surface area contributed by atoms with Crippen LogP contribution < -0.4 is 0 Å². The topological polar surface area (TPSA) is 81.5 Å². The monoisotopic (exact) mass is 391 g/mol. The summed E-state index contributed by atoms with van der Waals surface area (Å²) in [5, 5.41) is 4.46. The summed E-state index contributed by atoms with van der Waals surface area (Å²) in [7, 11) is -2.18. The first-order chi connectivity index (χ1) is 12.8. The van der Waals surface area contributed by atoms with Gasteiger partial charge >= 0.3 is 5.97 Å². The van der Waals surface area contributed by atoms with Gasteiger partial charge in [0.2, 0.25) is 10.0 Å². The number of benzene rings is 1. The Balaban J connectivity index is 1.86. The molecule has 0 atom stereocenters. The van der Waals surface area contributed by atoms with E-state index in [9.17, 15) is 13.2 Å². The maximum Gasteiger partial charge on any atom is 0.337 e. The van der Waals surface area contributed by atoms with Crippen molar-refractivity contribution >= 4 is 16.0 Å². The summed E-state index contributed by atoms with van der Waals surface area (Å²) in [5.41, 5.74) is 2.55. The zero-order chi connectivity index (χ0) is 19.6. The number of aromatic nitrogens is 2. The second-order valence-electron chi connectivity index (χ2n) is 6.81. The van der Waals surface area contributed by atoms with E-state index in [-0.39, 0.29) is 5.97 Å². The van der Waals surface area contributed by atoms with Crippen LogP contribution >= 0.6 is 0 Å². The number of carbonyl (C=O) groups excluding carboxylic acids is 1. The summed E-state index contributed by atoms with van der Waals surface area (Å²) in [6.07, 6.45) is 2.88. The van der Waals surface area contributed by atoms with Crippen molar-refractivity contribution in [1.29, 1.82) is 0 Å². The molecule has 0 unspecified atom stereocenters. The molecular weight excluding hydrogens is 366 g/mol. The first-order valence-electron chi connectivity index (χ1n) is 9.06. The van der Waals surface area contributed by atoms with Gasteiger partial charge in [0.15, 0.2) is 0 Å². The van der Waals surface area contributed by atoms with Crippen LogP contribution in [0.3, 0.4) is 0 Å². The van der Waals surface area contributed by atoms with Gasteiger partial charge in [-0.25, -0.2) is 13.2 Å². The van der Waals surface area contributed by atoms with Gasteiger partial charge in [-0.2, -0.15) is 9.40 Å². The number of ether oxygens (including phenoxy) is 1. The van der Waals surface area contributed by atoms with Crippen molar-refractivity contribution in [3.63, 3.8) is 0 Å². The van der Waals surface area contributed by atoms with E-state index >= 15 is 0 Å². The SMILES string of the molecule is COC(=O)c1ccc(Cn2nc(C)c(S(=O)(=O)N3CCCCC3)c2C)cc1. The standard InChI is InChI=1S/C19H25N3O4S/c1-14-18(27(24,25)21-11-5-4-6-12-21)15(2)22(20-14)13-16-7-9-17(10-8-16)19(23)26-3/h7-10H,4-6,11-13H2,1-3H3. The highest BCUT2D eigenvalue weighted by Crippen LogP contribution is 2.26. The van der Waals surface area contributed by atoms with Crippen molar-refractivity contribution in [3.05, 3.63) is 46.8 Å². The summed E-state index contributed by atoms with van der Waals surface area (Å²) in [6, 6.07) is 7.03. The zero-order valence-electron chi connectivity index (χ0n) is 15.9. The van der Waals surface area contributed by atoms with E-state index in [0.717, 1.165) is 24.8 Å². The molecule has 1 aromatic carbocycles. The Hall–Kier alpha value is -2.19. The molecule has 1 saturated heterocycles. The first-order valence-corrected chi connectivity index (χ1v) is 10.5. The molecule has 8 heteroatoms. The Bertz CT molecular complexity index is 927. The lowest BCUT2D eigenvalue weighted by Crippen LogP contribution is -2.36. The second kappa shape index (κ2) is 7.82. The average molecular weight is 391 g/mol. The van der Waals surface area contributed by atoms with Crippen LogP contribution in [0.25, 0.3) is 0 Å². The highest BCUT2D eigenvalue weighted by atomic mass is 32.2. The summed E-state index contributed by atoms with van der Waals surface area (Å²) >= 11 is 0. The molecule has 2 aromatic rings. The van der Waals surface area contributed by atoms with Crippen LogP contribution in [0.2, 0.25) is 0 Å². The maximum absolute atomic E-state index is 13.1. The minimum absolute atomic E-state index is 0.315. The van der Waals surface area contributed by atoms with Crippen molar-refractivity contribution in [1.82, 2.24) is 14.1 Å². The van der Waals surface area contributed by atoms with Gasteiger partial charge in [0.1, 0.15) is 4.90 Å². The fourth-order valence-electron chi connectivity index (χ4n) is 3.48. The molecule has 0 saturated carbocycles. The van der Waals surface area contributed by atoms with Gasteiger partial charge in [0.05, 0.1) is 30.6 Å². The van der Waals surface area contributed by atoms with Gasteiger partial charge in [-0.05, 0) is 44.4 Å². The molecule has 3 rings (SSSR count). The van der Waals surface area contributed by atoms with E-state index in [2.05, 4.69) is 5.10 Å². The fourth-order valence-corrected chi connectivity index (χ4v) is 5.37. The third-order valence-electron chi connectivity index (χ3n) is 4.94. The number of hydrogen-bond acceptors (Lipinski definition) is 5. The maximum atomic E-state index is 13.1. The third-order valence-corrected chi connectivity index (χ3v) is 7.09. The van der Waals surface area contributed by atoms with Gasteiger partial charge in [-0.3, -0.25) is 4.68 Å². The fraction of sp³-hybridized carbons (Fsp3) is 0.474. The molecule has 0 spiro atoms. The minimum atomic E-state index is -3.53. The molecule has 27 heavy (non-hydrogen) atoms. The number of nitrogens with zero attached hydrogens (tertiary/aromatic N) is 3. The number of sulfonamides is 1. The molecular formula is C19H25N3O4S. The molecule has 1 fully saturated rings. The van der Waals surface area contributed by atoms with Crippen LogP contribution in [0.15, 0.2) is 29.2 Å². The van der Waals surface area contributed by atoms with E-state index < -0.39 is 10.0 Å². The second-order valence-corrected chi connectivity index (χ2v) is 8.69. The summed E-state index contributed by atoms with van der Waals surface area (Å²) in [5.74, 6) is -0.387. The normalized spacial score (nSPS) is 15.7. The largest absolute Gasteiger partial charge is 0.465 e. The van der Waals surface area contributed by atoms with E-state index in [1.807, 2.05) is 12.1 Å². The van der Waals surface area contributed by atoms with Crippen molar-refractivity contribution in [2.75, 3.05) is 20.2 Å². The molecule has 1 aliphatic heterocycles. The average Bonchev–Trinajstić information content (AvgIpc) is 2.96. The molecule has 2 heterocycles. The van der Waals surface area contributed by atoms with Crippen LogP contribution in [0.4, 0.5) is 0 Å². The highest BCUT2D eigenvalue weighted by molar-refractivity contribution is 7.89. The van der Waals surface area contributed by atoms with Gasteiger partial charge in [-0.1, -0.05) is 18.6 Å². The van der Waals surface area contributed by atoms with Gasteiger partial charge in [0.25, 0.3) is 0 Å². The Labute approximate surface area is 160 Å². The molecule has 0 bridgehead atoms. The molecule has 0 amide bonds. The van der Waals surface area contributed by atoms with Crippen LogP contribution in [0.5, 0.6) is 0 Å². The molecule has 0 aliphatic carbocycles. The number of piperidine rings is 1. The van der Waals surface area contributed by atoms with Crippen molar-refractivity contribution < 1.29 is 17.9 Å². The van der Waals surface area contributed by atoms with Gasteiger partial charge < -0.3 is 4.74 Å². The van der Waals surface area contributed by atoms with Crippen LogP contribution in [0, 0.1) is 13.8 Å². The number of hydrogen-bond donors (Lipinski definition) is 0. The van der Waals surface area contributed by atoms with Crippen LogP contribution in [-0.4, -0.2) is 48.7 Å². The summed E-state index contributed by atoms with van der Waals surface area (Å²) < 4.78 is 34.1. The Kier molecular flexibility index (Phi) is 5.67. The number of aryl methyl sites for hydroxylation is 1. The van der Waals surface area contributed by atoms with Crippen LogP contribution in [-0.2, 0) is 21.3 Å². The number of methoxy groups -OCH3 is 1. The quantitative estimate of drug-likeness (QED) is 0.732. The van der Waals surface area contributed by atoms with Gasteiger partial charge in [0, 0.05) is 13.1 Å². The molecule has 0 N–H and O–H groups in total. The van der Waals surface area contributed by atoms with Crippen molar-refractivity contribution in [2.24, 2.45) is 0 Å². The highest BCUT2D eigenvalue weighted by Gasteiger charge is 2.31. The minimum Gasteiger partial charge on any atom is -0.465 e.